The Morgan fingerprint density at radius 2 is 1.02 bits per heavy atom. The van der Waals surface area contributed by atoms with Crippen molar-refractivity contribution in [2.45, 2.75) is 77.5 Å². The van der Waals surface area contributed by atoms with Crippen LogP contribution in [0.5, 0.6) is 23.0 Å². The van der Waals surface area contributed by atoms with Crippen LogP contribution < -0.4 is 18.9 Å². The summed E-state index contributed by atoms with van der Waals surface area (Å²) in [6.45, 7) is 15.4. The molecule has 0 saturated heterocycles. The van der Waals surface area contributed by atoms with Gasteiger partial charge in [-0.1, -0.05) is 9.90 Å². The molecule has 2 aliphatic rings. The average molecular weight is 601 g/mol. The number of ether oxygens (including phenoxy) is 4. The number of benzene rings is 4. The van der Waals surface area contributed by atoms with Crippen molar-refractivity contribution in [3.8, 4) is 23.0 Å². The Labute approximate surface area is 257 Å². The number of hydrogen-bond donors (Lipinski definition) is 0. The molecule has 0 aromatic heterocycles. The highest BCUT2D eigenvalue weighted by Gasteiger charge is 2.59. The van der Waals surface area contributed by atoms with Gasteiger partial charge in [0.05, 0.1) is 39.5 Å². The van der Waals surface area contributed by atoms with E-state index in [2.05, 4.69) is 0 Å². The molecule has 0 N–H and O–H groups in total. The minimum Gasteiger partial charge on any atom is -0.757 e. The molecule has 0 unspecified atom stereocenters. The Balaban J connectivity index is 1.78. The number of hydrogen-bond acceptors (Lipinski definition) is 9. The molecule has 0 bridgehead atoms. The van der Waals surface area contributed by atoms with Crippen molar-refractivity contribution in [2.24, 2.45) is 9.98 Å². The molecule has 232 valence electrons. The number of methoxy groups -OCH3 is 4. The van der Waals surface area contributed by atoms with Crippen molar-refractivity contribution >= 4 is 44.0 Å². The molecule has 0 radical (unpaired) electrons. The minimum absolute atomic E-state index is 0.329. The fraction of sp³-hybridized carbons (Fsp3) is 0.471. The first-order chi connectivity index (χ1) is 20.5. The lowest BCUT2D eigenvalue weighted by Crippen LogP contribution is -2.50. The fourth-order valence-electron chi connectivity index (χ4n) is 6.38. The van der Waals surface area contributed by atoms with Crippen LogP contribution in [0.1, 0.15) is 66.5 Å². The highest BCUT2D eigenvalue weighted by Crippen LogP contribution is 2.54. The van der Waals surface area contributed by atoms with E-state index in [-0.39, 0.29) is 0 Å². The summed E-state index contributed by atoms with van der Waals surface area (Å²) in [5.74, 6) is 2.60. The Bertz CT molecular complexity index is 1870. The molecule has 44 heavy (non-hydrogen) atoms. The second kappa shape index (κ2) is 9.17. The third-order valence-electron chi connectivity index (χ3n) is 10.4. The zero-order valence-electron chi connectivity index (χ0n) is 27.5. The SMILES string of the molecule is COc1c(OC)c2cc(C3=NC(C)(C)C(C)(C)[N+]3=O)cc3c(OC)c(OC)c4cc(C5=NC(C)(C)C(C)(C)N5[O-])cc1c4c23. The normalized spacial score (nSPS) is 20.0. The zero-order chi connectivity index (χ0) is 32.3. The summed E-state index contributed by atoms with van der Waals surface area (Å²) in [5.41, 5.74) is -1.52. The molecule has 6 rings (SSSR count). The van der Waals surface area contributed by atoms with E-state index in [9.17, 15) is 10.1 Å². The standard InChI is InChI=1S/C34H40N4O6/c1-31(2)33(5,6)37(39)29(35-31)17-13-19-23-20(14-17)26(42-10)28(44-12)22-16-18(30-36-32(3,4)34(7,8)38(30)40)15-21(24(22)23)27(43-11)25(19)41-9/h13-16H,1-12H3. The lowest BCUT2D eigenvalue weighted by atomic mass is 9.84. The van der Waals surface area contributed by atoms with Gasteiger partial charge in [-0.2, -0.15) is 0 Å². The van der Waals surface area contributed by atoms with Crippen molar-refractivity contribution in [1.29, 1.82) is 0 Å². The largest absolute Gasteiger partial charge is 0.757 e. The number of nitroso groups, excluding NO2 is 1. The van der Waals surface area contributed by atoms with Gasteiger partial charge in [-0.25, -0.2) is 0 Å². The predicted octanol–water partition coefficient (Wildman–Crippen LogP) is 6.83. The van der Waals surface area contributed by atoms with E-state index >= 15 is 0 Å². The molecule has 0 amide bonds. The van der Waals surface area contributed by atoms with Crippen molar-refractivity contribution in [1.82, 2.24) is 5.06 Å². The molecule has 4 aromatic rings. The summed E-state index contributed by atoms with van der Waals surface area (Å²) in [7, 11) is 6.35. The second-order valence-corrected chi connectivity index (χ2v) is 13.7. The Hall–Kier alpha value is -4.18. The number of aliphatic imine (C=N–C) groups is 2. The third-order valence-corrected chi connectivity index (χ3v) is 10.4. The maximum atomic E-state index is 13.7. The summed E-state index contributed by atoms with van der Waals surface area (Å²) in [5, 5.41) is 19.3. The summed E-state index contributed by atoms with van der Waals surface area (Å²) in [4.78, 5) is 23.4. The molecule has 10 nitrogen and oxygen atoms in total. The van der Waals surface area contributed by atoms with Crippen molar-refractivity contribution < 1.29 is 23.7 Å². The quantitative estimate of drug-likeness (QED) is 0.176. The van der Waals surface area contributed by atoms with Crippen LogP contribution in [-0.4, -0.2) is 72.1 Å². The number of nitrogens with zero attached hydrogens (tertiary/aromatic N) is 4. The van der Waals surface area contributed by atoms with Crippen LogP contribution in [0.25, 0.3) is 32.3 Å². The van der Waals surface area contributed by atoms with Gasteiger partial charge in [0.15, 0.2) is 34.1 Å². The van der Waals surface area contributed by atoms with E-state index in [4.69, 9.17) is 28.9 Å². The molecule has 0 aliphatic carbocycles. The van der Waals surface area contributed by atoms with Crippen molar-refractivity contribution in [3.05, 3.63) is 45.5 Å². The molecule has 2 heterocycles. The first kappa shape index (κ1) is 29.9. The topological polar surface area (TPSA) is 108 Å². The van der Waals surface area contributed by atoms with Crippen LogP contribution in [0, 0.1) is 10.1 Å². The number of hydroxylamine groups is 2. The van der Waals surface area contributed by atoms with Crippen LogP contribution in [0.4, 0.5) is 0 Å². The number of rotatable bonds is 6. The van der Waals surface area contributed by atoms with E-state index in [1.165, 1.54) is 0 Å². The Morgan fingerprint density at radius 1 is 0.636 bits per heavy atom. The molecule has 0 fully saturated rings. The van der Waals surface area contributed by atoms with Gasteiger partial charge in [0.2, 0.25) is 0 Å². The van der Waals surface area contributed by atoms with Gasteiger partial charge in [-0.3, -0.25) is 4.99 Å². The molecule has 0 atom stereocenters. The van der Waals surface area contributed by atoms with Crippen molar-refractivity contribution in [2.75, 3.05) is 28.4 Å². The Morgan fingerprint density at radius 3 is 1.32 bits per heavy atom. The van der Waals surface area contributed by atoms with Crippen LogP contribution >= 0.6 is 0 Å². The monoisotopic (exact) mass is 600 g/mol. The van der Waals surface area contributed by atoms with Gasteiger partial charge in [-0.15, -0.1) is 0 Å². The predicted molar refractivity (Wildman–Crippen MR) is 175 cm³/mol. The van der Waals surface area contributed by atoms with Gasteiger partial charge in [-0.05, 0) is 84.4 Å². The maximum absolute atomic E-state index is 13.7. The summed E-state index contributed by atoms with van der Waals surface area (Å²) in [6, 6.07) is 7.70. The van der Waals surface area contributed by atoms with Crippen LogP contribution in [0.15, 0.2) is 34.3 Å². The highest BCUT2D eigenvalue weighted by molar-refractivity contribution is 6.31. The van der Waals surface area contributed by atoms with E-state index in [1.807, 2.05) is 79.7 Å². The van der Waals surface area contributed by atoms with Crippen LogP contribution in [-0.2, 0) is 0 Å². The molecule has 2 aliphatic heterocycles. The summed E-state index contributed by atoms with van der Waals surface area (Å²) < 4.78 is 25.1. The summed E-state index contributed by atoms with van der Waals surface area (Å²) in [6.07, 6.45) is 0. The van der Waals surface area contributed by atoms with E-state index in [1.54, 1.807) is 28.4 Å². The molecular formula is C34H40N4O6. The second-order valence-electron chi connectivity index (χ2n) is 13.7. The van der Waals surface area contributed by atoms with Gasteiger partial charge in [0.1, 0.15) is 5.84 Å². The van der Waals surface area contributed by atoms with Gasteiger partial charge >= 0.3 is 5.84 Å². The highest BCUT2D eigenvalue weighted by atomic mass is 16.5. The maximum Gasteiger partial charge on any atom is 0.364 e. The van der Waals surface area contributed by atoms with Crippen LogP contribution in [0.3, 0.4) is 0 Å². The molecule has 0 spiro atoms. The van der Waals surface area contributed by atoms with E-state index < -0.39 is 22.2 Å². The summed E-state index contributed by atoms with van der Waals surface area (Å²) >= 11 is 0. The minimum atomic E-state index is -0.762. The van der Waals surface area contributed by atoms with Gasteiger partial charge in [0, 0.05) is 43.4 Å². The van der Waals surface area contributed by atoms with Gasteiger partial charge in [0.25, 0.3) is 0 Å². The first-order valence-corrected chi connectivity index (χ1v) is 14.7. The van der Waals surface area contributed by atoms with E-state index in [0.717, 1.165) is 42.1 Å². The molecular weight excluding hydrogens is 560 g/mol. The smallest absolute Gasteiger partial charge is 0.364 e. The Kier molecular flexibility index (Phi) is 6.22. The van der Waals surface area contributed by atoms with Crippen molar-refractivity contribution in [3.63, 3.8) is 0 Å². The zero-order valence-corrected chi connectivity index (χ0v) is 27.5. The number of amidine groups is 2. The lowest BCUT2D eigenvalue weighted by Gasteiger charge is -2.45. The molecule has 0 saturated carbocycles. The third kappa shape index (κ3) is 3.57. The molecule has 10 heteroatoms. The fourth-order valence-corrected chi connectivity index (χ4v) is 6.38. The first-order valence-electron chi connectivity index (χ1n) is 14.7. The van der Waals surface area contributed by atoms with Crippen LogP contribution in [0.2, 0.25) is 0 Å². The molecule has 4 aromatic carbocycles. The van der Waals surface area contributed by atoms with Gasteiger partial charge < -0.3 is 29.2 Å². The van der Waals surface area contributed by atoms with E-state index in [0.29, 0.717) is 45.8 Å². The average Bonchev–Trinajstić information content (AvgIpc) is 3.25. The lowest BCUT2D eigenvalue weighted by molar-refractivity contribution is -0.514.